The summed E-state index contributed by atoms with van der Waals surface area (Å²) in [7, 11) is 4.32. The molecule has 0 aliphatic carbocycles. The summed E-state index contributed by atoms with van der Waals surface area (Å²) in [5.74, 6) is 0. The van der Waals surface area contributed by atoms with Gasteiger partial charge in [-0.15, -0.1) is 0 Å². The molecule has 1 rings (SSSR count). The Labute approximate surface area is 101 Å². The van der Waals surface area contributed by atoms with Gasteiger partial charge >= 0.3 is 0 Å². The van der Waals surface area contributed by atoms with Crippen molar-refractivity contribution in [2.75, 3.05) is 46.8 Å². The van der Waals surface area contributed by atoms with E-state index in [2.05, 4.69) is 36.1 Å². The number of nitrogens with zero attached hydrogens (tertiary/aromatic N) is 2. The van der Waals surface area contributed by atoms with Crippen molar-refractivity contribution in [1.82, 2.24) is 15.1 Å². The Morgan fingerprint density at radius 1 is 1.31 bits per heavy atom. The first kappa shape index (κ1) is 13.9. The zero-order valence-electron chi connectivity index (χ0n) is 11.3. The van der Waals surface area contributed by atoms with Gasteiger partial charge in [-0.05, 0) is 46.4 Å². The number of hydrogen-bond donors (Lipinski definition) is 1. The predicted molar refractivity (Wildman–Crippen MR) is 70.9 cm³/mol. The molecule has 0 saturated carbocycles. The fourth-order valence-electron chi connectivity index (χ4n) is 2.54. The molecule has 0 radical (unpaired) electrons. The van der Waals surface area contributed by atoms with E-state index in [0.29, 0.717) is 6.04 Å². The van der Waals surface area contributed by atoms with E-state index >= 15 is 0 Å². The number of hydrogen-bond acceptors (Lipinski definition) is 3. The highest BCUT2D eigenvalue weighted by molar-refractivity contribution is 4.73. The van der Waals surface area contributed by atoms with Crippen LogP contribution in [0.5, 0.6) is 0 Å². The molecule has 1 unspecified atom stereocenters. The smallest absolute Gasteiger partial charge is 0.0217 e. The molecular weight excluding hydrogens is 198 g/mol. The van der Waals surface area contributed by atoms with Crippen molar-refractivity contribution in [2.24, 2.45) is 0 Å². The highest BCUT2D eigenvalue weighted by atomic mass is 15.2. The molecule has 0 aromatic carbocycles. The van der Waals surface area contributed by atoms with Gasteiger partial charge in [-0.1, -0.05) is 13.3 Å². The molecule has 0 aromatic heterocycles. The SMILES string of the molecule is CCCC(CNC)N(C)CCN1CCCC1. The Hall–Kier alpha value is -0.120. The molecule has 1 fully saturated rings. The van der Waals surface area contributed by atoms with E-state index in [1.807, 2.05) is 0 Å². The molecule has 0 aromatic rings. The Morgan fingerprint density at radius 2 is 2.00 bits per heavy atom. The molecule has 3 nitrogen and oxygen atoms in total. The van der Waals surface area contributed by atoms with E-state index in [4.69, 9.17) is 0 Å². The molecule has 96 valence electrons. The summed E-state index contributed by atoms with van der Waals surface area (Å²) in [5, 5.41) is 3.31. The van der Waals surface area contributed by atoms with Crippen molar-refractivity contribution in [2.45, 2.75) is 38.6 Å². The molecule has 3 heteroatoms. The molecule has 1 heterocycles. The van der Waals surface area contributed by atoms with Gasteiger partial charge in [-0.25, -0.2) is 0 Å². The van der Waals surface area contributed by atoms with E-state index in [9.17, 15) is 0 Å². The van der Waals surface area contributed by atoms with Crippen LogP contribution in [0.25, 0.3) is 0 Å². The molecule has 16 heavy (non-hydrogen) atoms. The van der Waals surface area contributed by atoms with Gasteiger partial charge in [0.25, 0.3) is 0 Å². The van der Waals surface area contributed by atoms with Crippen LogP contribution in [0.4, 0.5) is 0 Å². The maximum absolute atomic E-state index is 3.31. The van der Waals surface area contributed by atoms with Gasteiger partial charge in [0.1, 0.15) is 0 Å². The van der Waals surface area contributed by atoms with Gasteiger partial charge < -0.3 is 15.1 Å². The van der Waals surface area contributed by atoms with Gasteiger partial charge in [0.2, 0.25) is 0 Å². The van der Waals surface area contributed by atoms with E-state index in [1.165, 1.54) is 51.9 Å². The van der Waals surface area contributed by atoms with Crippen LogP contribution in [0, 0.1) is 0 Å². The minimum atomic E-state index is 0.706. The van der Waals surface area contributed by atoms with Crippen LogP contribution in [0.2, 0.25) is 0 Å². The molecule has 0 spiro atoms. The summed E-state index contributed by atoms with van der Waals surface area (Å²) in [6, 6.07) is 0.706. The summed E-state index contributed by atoms with van der Waals surface area (Å²) in [6.45, 7) is 8.49. The van der Waals surface area contributed by atoms with Crippen molar-refractivity contribution in [3.8, 4) is 0 Å². The van der Waals surface area contributed by atoms with Crippen LogP contribution in [0.1, 0.15) is 32.6 Å². The van der Waals surface area contributed by atoms with Gasteiger partial charge in [0, 0.05) is 25.7 Å². The van der Waals surface area contributed by atoms with Crippen molar-refractivity contribution >= 4 is 0 Å². The second-order valence-electron chi connectivity index (χ2n) is 5.03. The van der Waals surface area contributed by atoms with Crippen LogP contribution in [-0.2, 0) is 0 Å². The maximum Gasteiger partial charge on any atom is 0.0217 e. The number of rotatable bonds is 8. The van der Waals surface area contributed by atoms with Crippen molar-refractivity contribution in [3.63, 3.8) is 0 Å². The van der Waals surface area contributed by atoms with E-state index in [0.717, 1.165) is 6.54 Å². The third-order valence-corrected chi connectivity index (χ3v) is 3.65. The van der Waals surface area contributed by atoms with Gasteiger partial charge in [-0.2, -0.15) is 0 Å². The number of likely N-dealkylation sites (tertiary alicyclic amines) is 1. The lowest BCUT2D eigenvalue weighted by Gasteiger charge is -2.29. The average molecular weight is 227 g/mol. The first-order chi connectivity index (χ1) is 7.77. The fourth-order valence-corrected chi connectivity index (χ4v) is 2.54. The Balaban J connectivity index is 2.21. The van der Waals surface area contributed by atoms with Crippen LogP contribution in [-0.4, -0.2) is 62.7 Å². The highest BCUT2D eigenvalue weighted by Crippen LogP contribution is 2.08. The van der Waals surface area contributed by atoms with Gasteiger partial charge in [-0.3, -0.25) is 0 Å². The quantitative estimate of drug-likeness (QED) is 0.676. The second kappa shape index (κ2) is 8.04. The largest absolute Gasteiger partial charge is 0.318 e. The minimum absolute atomic E-state index is 0.706. The summed E-state index contributed by atoms with van der Waals surface area (Å²) in [4.78, 5) is 5.12. The van der Waals surface area contributed by atoms with E-state index in [1.54, 1.807) is 0 Å². The molecular formula is C13H29N3. The highest BCUT2D eigenvalue weighted by Gasteiger charge is 2.15. The number of likely N-dealkylation sites (N-methyl/N-ethyl adjacent to an activating group) is 2. The van der Waals surface area contributed by atoms with E-state index < -0.39 is 0 Å². The molecule has 1 N–H and O–H groups in total. The zero-order valence-corrected chi connectivity index (χ0v) is 11.3. The minimum Gasteiger partial charge on any atom is -0.318 e. The first-order valence-corrected chi connectivity index (χ1v) is 6.85. The summed E-state index contributed by atoms with van der Waals surface area (Å²) in [5.41, 5.74) is 0. The molecule has 1 aliphatic heterocycles. The molecule has 1 aliphatic rings. The Bertz CT molecular complexity index is 161. The average Bonchev–Trinajstić information content (AvgIpc) is 2.78. The maximum atomic E-state index is 3.31. The lowest BCUT2D eigenvalue weighted by atomic mass is 10.1. The first-order valence-electron chi connectivity index (χ1n) is 6.85. The van der Waals surface area contributed by atoms with Crippen molar-refractivity contribution in [1.29, 1.82) is 0 Å². The zero-order chi connectivity index (χ0) is 11.8. The summed E-state index contributed by atoms with van der Waals surface area (Å²) in [6.07, 6.45) is 5.38. The van der Waals surface area contributed by atoms with Crippen LogP contribution in [0.3, 0.4) is 0 Å². The second-order valence-corrected chi connectivity index (χ2v) is 5.03. The number of nitrogens with one attached hydrogen (secondary N) is 1. The van der Waals surface area contributed by atoms with Gasteiger partial charge in [0.05, 0.1) is 0 Å². The molecule has 0 bridgehead atoms. The summed E-state index contributed by atoms with van der Waals surface area (Å²) >= 11 is 0. The normalized spacial score (nSPS) is 19.5. The van der Waals surface area contributed by atoms with E-state index in [-0.39, 0.29) is 0 Å². The van der Waals surface area contributed by atoms with Gasteiger partial charge in [0.15, 0.2) is 0 Å². The third kappa shape index (κ3) is 4.81. The fraction of sp³-hybridized carbons (Fsp3) is 1.00. The molecule has 1 atom stereocenters. The van der Waals surface area contributed by atoms with Crippen molar-refractivity contribution < 1.29 is 0 Å². The Kier molecular flexibility index (Phi) is 7.01. The lowest BCUT2D eigenvalue weighted by molar-refractivity contribution is 0.194. The molecule has 0 amide bonds. The van der Waals surface area contributed by atoms with Crippen LogP contribution in [0.15, 0.2) is 0 Å². The van der Waals surface area contributed by atoms with Crippen LogP contribution >= 0.6 is 0 Å². The topological polar surface area (TPSA) is 18.5 Å². The van der Waals surface area contributed by atoms with Crippen molar-refractivity contribution in [3.05, 3.63) is 0 Å². The van der Waals surface area contributed by atoms with Crippen LogP contribution < -0.4 is 5.32 Å². The molecule has 1 saturated heterocycles. The predicted octanol–water partition coefficient (Wildman–Crippen LogP) is 1.40. The standard InChI is InChI=1S/C13H29N3/c1-4-7-13(12-14-2)15(3)10-11-16-8-5-6-9-16/h13-14H,4-12H2,1-3H3. The lowest BCUT2D eigenvalue weighted by Crippen LogP contribution is -2.42. The summed E-state index contributed by atoms with van der Waals surface area (Å²) < 4.78 is 0. The Morgan fingerprint density at radius 3 is 2.56 bits per heavy atom. The third-order valence-electron chi connectivity index (χ3n) is 3.65. The monoisotopic (exact) mass is 227 g/mol.